The quantitative estimate of drug-likeness (QED) is 0.448. The van der Waals surface area contributed by atoms with Crippen LogP contribution < -0.4 is 5.32 Å². The zero-order valence-corrected chi connectivity index (χ0v) is 17.8. The van der Waals surface area contributed by atoms with Crippen molar-refractivity contribution in [2.45, 2.75) is 30.8 Å². The summed E-state index contributed by atoms with van der Waals surface area (Å²) in [6, 6.07) is 19.7. The van der Waals surface area contributed by atoms with Crippen molar-refractivity contribution in [3.8, 4) is 11.4 Å². The largest absolute Gasteiger partial charge is 0.310 e. The molecule has 1 aliphatic carbocycles. The number of nitrogens with one attached hydrogen (secondary N) is 1. The lowest BCUT2D eigenvalue weighted by molar-refractivity contribution is -0.113. The Kier molecular flexibility index (Phi) is 5.25. The van der Waals surface area contributed by atoms with Gasteiger partial charge in [0.25, 0.3) is 0 Å². The maximum Gasteiger partial charge on any atom is 0.236 e. The van der Waals surface area contributed by atoms with Gasteiger partial charge in [0.05, 0.1) is 22.8 Å². The summed E-state index contributed by atoms with van der Waals surface area (Å²) in [6.45, 7) is 2.01. The molecule has 0 saturated heterocycles. The van der Waals surface area contributed by atoms with Crippen LogP contribution >= 0.6 is 11.8 Å². The molecule has 2 aromatic carbocycles. The molecule has 2 heterocycles. The minimum absolute atomic E-state index is 0.136. The maximum atomic E-state index is 12.7. The Morgan fingerprint density at radius 2 is 1.87 bits per heavy atom. The van der Waals surface area contributed by atoms with Crippen LogP contribution in [0.5, 0.6) is 0 Å². The Balaban J connectivity index is 1.31. The summed E-state index contributed by atoms with van der Waals surface area (Å²) in [7, 11) is 0. The third-order valence-electron chi connectivity index (χ3n) is 5.01. The highest BCUT2D eigenvalue weighted by molar-refractivity contribution is 7.99. The van der Waals surface area contributed by atoms with Crippen molar-refractivity contribution in [1.82, 2.24) is 30.0 Å². The van der Waals surface area contributed by atoms with Crippen molar-refractivity contribution >= 4 is 23.5 Å². The van der Waals surface area contributed by atoms with E-state index in [2.05, 4.69) is 20.8 Å². The van der Waals surface area contributed by atoms with Crippen LogP contribution in [0.15, 0.2) is 65.8 Å². The minimum atomic E-state index is -0.136. The average Bonchev–Trinajstić information content (AvgIpc) is 3.38. The molecule has 1 aliphatic rings. The van der Waals surface area contributed by atoms with Gasteiger partial charge in [-0.2, -0.15) is 9.78 Å². The van der Waals surface area contributed by atoms with Crippen molar-refractivity contribution in [3.05, 3.63) is 71.9 Å². The lowest BCUT2D eigenvalue weighted by Crippen LogP contribution is -2.17. The van der Waals surface area contributed by atoms with Gasteiger partial charge in [0.1, 0.15) is 5.82 Å². The second-order valence-corrected chi connectivity index (χ2v) is 8.47. The Hall–Kier alpha value is -3.46. The van der Waals surface area contributed by atoms with E-state index in [1.54, 1.807) is 9.36 Å². The first-order valence-electron chi connectivity index (χ1n) is 10.1. The third kappa shape index (κ3) is 4.36. The molecule has 0 unspecified atom stereocenters. The summed E-state index contributed by atoms with van der Waals surface area (Å²) in [5.41, 5.74) is 3.92. The number of carbonyl (C=O) groups is 1. The molecule has 0 bridgehead atoms. The number of carbonyl (C=O) groups excluding carboxylic acids is 1. The fraction of sp³-hybridized carbons (Fsp3) is 0.227. The molecule has 8 nitrogen and oxygen atoms in total. The van der Waals surface area contributed by atoms with Crippen LogP contribution in [0.25, 0.3) is 11.4 Å². The van der Waals surface area contributed by atoms with Crippen LogP contribution in [0.3, 0.4) is 0 Å². The standard InChI is InChI=1S/C22H21N7OS/c1-15-6-5-9-18(12-15)29-22(24-26-27-29)31-14-21(30)23-20-13-19(16-10-11-16)25-28(20)17-7-3-2-4-8-17/h2-9,12-13,16H,10-11,14H2,1H3,(H,23,30). The summed E-state index contributed by atoms with van der Waals surface area (Å²) in [6.07, 6.45) is 2.30. The van der Waals surface area contributed by atoms with Crippen LogP contribution in [0, 0.1) is 6.92 Å². The van der Waals surface area contributed by atoms with Crippen LogP contribution in [-0.4, -0.2) is 41.6 Å². The van der Waals surface area contributed by atoms with E-state index in [9.17, 15) is 4.79 Å². The number of thioether (sulfide) groups is 1. The molecule has 1 fully saturated rings. The summed E-state index contributed by atoms with van der Waals surface area (Å²) in [5, 5.41) is 20.2. The molecule has 0 spiro atoms. The summed E-state index contributed by atoms with van der Waals surface area (Å²) in [4.78, 5) is 12.7. The molecule has 5 rings (SSSR count). The zero-order chi connectivity index (χ0) is 21.2. The van der Waals surface area contributed by atoms with Crippen LogP contribution in [0.4, 0.5) is 5.82 Å². The Bertz CT molecular complexity index is 1210. The molecule has 0 aliphatic heterocycles. The van der Waals surface area contributed by atoms with E-state index < -0.39 is 0 Å². The minimum Gasteiger partial charge on any atom is -0.310 e. The molecular weight excluding hydrogens is 410 g/mol. The zero-order valence-electron chi connectivity index (χ0n) is 17.0. The molecule has 0 radical (unpaired) electrons. The first-order valence-corrected chi connectivity index (χ1v) is 11.1. The molecule has 1 N–H and O–H groups in total. The Morgan fingerprint density at radius 3 is 2.65 bits per heavy atom. The van der Waals surface area contributed by atoms with Gasteiger partial charge in [0.2, 0.25) is 11.1 Å². The second-order valence-electron chi connectivity index (χ2n) is 7.53. The summed E-state index contributed by atoms with van der Waals surface area (Å²) in [5.74, 6) is 1.22. The number of hydrogen-bond donors (Lipinski definition) is 1. The number of aromatic nitrogens is 6. The predicted molar refractivity (Wildman–Crippen MR) is 119 cm³/mol. The molecule has 9 heteroatoms. The van der Waals surface area contributed by atoms with Gasteiger partial charge in [-0.15, -0.1) is 5.10 Å². The SMILES string of the molecule is Cc1cccc(-n2nnnc2SCC(=O)Nc2cc(C3CC3)nn2-c2ccccc2)c1. The van der Waals surface area contributed by atoms with E-state index in [0.717, 1.165) is 35.5 Å². The number of rotatable bonds is 7. The number of nitrogens with zero attached hydrogens (tertiary/aromatic N) is 6. The van der Waals surface area contributed by atoms with Gasteiger partial charge in [-0.1, -0.05) is 42.1 Å². The number of benzene rings is 2. The average molecular weight is 432 g/mol. The monoisotopic (exact) mass is 431 g/mol. The van der Waals surface area contributed by atoms with Crippen molar-refractivity contribution in [1.29, 1.82) is 0 Å². The summed E-state index contributed by atoms with van der Waals surface area (Å²) >= 11 is 1.29. The second kappa shape index (κ2) is 8.35. The topological polar surface area (TPSA) is 90.5 Å². The summed E-state index contributed by atoms with van der Waals surface area (Å²) < 4.78 is 3.44. The van der Waals surface area contributed by atoms with Gasteiger partial charge >= 0.3 is 0 Å². The number of hydrogen-bond acceptors (Lipinski definition) is 6. The number of anilines is 1. The third-order valence-corrected chi connectivity index (χ3v) is 5.93. The molecule has 2 aromatic heterocycles. The molecular formula is C22H21N7OS. The molecule has 1 saturated carbocycles. The smallest absolute Gasteiger partial charge is 0.236 e. The lowest BCUT2D eigenvalue weighted by Gasteiger charge is -2.09. The Labute approximate surface area is 183 Å². The molecule has 1 amide bonds. The predicted octanol–water partition coefficient (Wildman–Crippen LogP) is 3.76. The number of aryl methyl sites for hydroxylation is 1. The normalized spacial score (nSPS) is 13.3. The van der Waals surface area contributed by atoms with Crippen molar-refractivity contribution < 1.29 is 4.79 Å². The van der Waals surface area contributed by atoms with E-state index in [0.29, 0.717) is 16.9 Å². The van der Waals surface area contributed by atoms with Gasteiger partial charge < -0.3 is 5.32 Å². The fourth-order valence-corrected chi connectivity index (χ4v) is 4.02. The molecule has 156 valence electrons. The first kappa shape index (κ1) is 19.5. The molecule has 31 heavy (non-hydrogen) atoms. The number of tetrazole rings is 1. The van der Waals surface area contributed by atoms with Crippen molar-refractivity contribution in [3.63, 3.8) is 0 Å². The Morgan fingerprint density at radius 1 is 1.06 bits per heavy atom. The van der Waals surface area contributed by atoms with Gasteiger partial charge in [0.15, 0.2) is 0 Å². The van der Waals surface area contributed by atoms with E-state index in [4.69, 9.17) is 5.10 Å². The fourth-order valence-electron chi connectivity index (χ4n) is 3.33. The van der Waals surface area contributed by atoms with Crippen LogP contribution in [0.2, 0.25) is 0 Å². The highest BCUT2D eigenvalue weighted by Crippen LogP contribution is 2.40. The highest BCUT2D eigenvalue weighted by Gasteiger charge is 2.28. The van der Waals surface area contributed by atoms with Crippen molar-refractivity contribution in [2.75, 3.05) is 11.1 Å². The number of amides is 1. The van der Waals surface area contributed by atoms with E-state index in [-0.39, 0.29) is 11.7 Å². The van der Waals surface area contributed by atoms with Crippen LogP contribution in [-0.2, 0) is 4.79 Å². The highest BCUT2D eigenvalue weighted by atomic mass is 32.2. The van der Waals surface area contributed by atoms with Gasteiger partial charge in [-0.25, -0.2) is 4.68 Å². The molecule has 4 aromatic rings. The van der Waals surface area contributed by atoms with Crippen LogP contribution in [0.1, 0.15) is 30.0 Å². The number of para-hydroxylation sites is 1. The van der Waals surface area contributed by atoms with Gasteiger partial charge in [-0.3, -0.25) is 4.79 Å². The van der Waals surface area contributed by atoms with Gasteiger partial charge in [0, 0.05) is 12.0 Å². The lowest BCUT2D eigenvalue weighted by atomic mass is 10.2. The first-order chi connectivity index (χ1) is 15.2. The maximum absolute atomic E-state index is 12.7. The van der Waals surface area contributed by atoms with Crippen molar-refractivity contribution in [2.24, 2.45) is 0 Å². The van der Waals surface area contributed by atoms with E-state index >= 15 is 0 Å². The molecule has 0 atom stereocenters. The van der Waals surface area contributed by atoms with E-state index in [1.165, 1.54) is 11.8 Å². The van der Waals surface area contributed by atoms with Gasteiger partial charge in [-0.05, 0) is 60.0 Å². The van der Waals surface area contributed by atoms with E-state index in [1.807, 2.05) is 67.6 Å².